The van der Waals surface area contributed by atoms with E-state index in [1.807, 2.05) is 0 Å². The molecular formula is C17H13Cl2N5O3. The zero-order valence-electron chi connectivity index (χ0n) is 13.9. The summed E-state index contributed by atoms with van der Waals surface area (Å²) in [5.41, 5.74) is 0.601. The van der Waals surface area contributed by atoms with Crippen molar-refractivity contribution in [2.45, 2.75) is 6.92 Å². The molecule has 0 aliphatic carbocycles. The van der Waals surface area contributed by atoms with Crippen molar-refractivity contribution in [2.75, 3.05) is 10.6 Å². The van der Waals surface area contributed by atoms with E-state index in [9.17, 15) is 14.7 Å². The highest BCUT2D eigenvalue weighted by atomic mass is 35.5. The number of aromatic hydroxyl groups is 1. The maximum Gasteiger partial charge on any atom is 0.261 e. The quantitative estimate of drug-likeness (QED) is 0.528. The van der Waals surface area contributed by atoms with Gasteiger partial charge in [0.25, 0.3) is 11.8 Å². The average molecular weight is 406 g/mol. The maximum absolute atomic E-state index is 12.3. The molecule has 2 aromatic carbocycles. The maximum atomic E-state index is 12.3. The number of aryl methyl sites for hydroxylation is 1. The van der Waals surface area contributed by atoms with Gasteiger partial charge in [-0.2, -0.15) is 4.98 Å². The van der Waals surface area contributed by atoms with Crippen LogP contribution in [0.1, 0.15) is 26.5 Å². The summed E-state index contributed by atoms with van der Waals surface area (Å²) in [5, 5.41) is 22.1. The molecule has 138 valence electrons. The van der Waals surface area contributed by atoms with Crippen LogP contribution in [0.2, 0.25) is 10.0 Å². The van der Waals surface area contributed by atoms with E-state index in [1.54, 1.807) is 6.92 Å². The van der Waals surface area contributed by atoms with Crippen LogP contribution in [-0.4, -0.2) is 32.1 Å². The van der Waals surface area contributed by atoms with Gasteiger partial charge in [-0.15, -0.1) is 5.10 Å². The second kappa shape index (κ2) is 7.65. The first-order valence-corrected chi connectivity index (χ1v) is 8.39. The Bertz CT molecular complexity index is 1040. The van der Waals surface area contributed by atoms with Crippen molar-refractivity contribution in [2.24, 2.45) is 0 Å². The molecule has 0 saturated carbocycles. The lowest BCUT2D eigenvalue weighted by atomic mass is 10.1. The molecular weight excluding hydrogens is 393 g/mol. The molecule has 0 spiro atoms. The Balaban J connectivity index is 1.73. The molecule has 0 atom stereocenters. The fraction of sp³-hybridized carbons (Fsp3) is 0.0588. The molecule has 2 amide bonds. The van der Waals surface area contributed by atoms with Crippen LogP contribution in [0.5, 0.6) is 5.75 Å². The van der Waals surface area contributed by atoms with Crippen LogP contribution in [0, 0.1) is 6.92 Å². The van der Waals surface area contributed by atoms with E-state index in [0.717, 1.165) is 0 Å². The minimum absolute atomic E-state index is 0.00462. The third-order valence-corrected chi connectivity index (χ3v) is 4.24. The normalized spacial score (nSPS) is 10.5. The number of nitrogens with one attached hydrogen (secondary N) is 3. The van der Waals surface area contributed by atoms with Crippen molar-refractivity contribution in [1.82, 2.24) is 15.2 Å². The number of benzene rings is 2. The Morgan fingerprint density at radius 2 is 1.81 bits per heavy atom. The van der Waals surface area contributed by atoms with E-state index in [4.69, 9.17) is 23.2 Å². The third-order valence-electron chi connectivity index (χ3n) is 3.50. The van der Waals surface area contributed by atoms with E-state index in [2.05, 4.69) is 25.8 Å². The largest absolute Gasteiger partial charge is 0.507 e. The van der Waals surface area contributed by atoms with Crippen molar-refractivity contribution in [3.63, 3.8) is 0 Å². The van der Waals surface area contributed by atoms with Crippen molar-refractivity contribution in [1.29, 1.82) is 0 Å². The van der Waals surface area contributed by atoms with Crippen LogP contribution in [0.4, 0.5) is 11.6 Å². The molecule has 0 unspecified atom stereocenters. The van der Waals surface area contributed by atoms with Crippen LogP contribution in [0.3, 0.4) is 0 Å². The Kier molecular flexibility index (Phi) is 5.29. The summed E-state index contributed by atoms with van der Waals surface area (Å²) in [6, 6.07) is 8.56. The van der Waals surface area contributed by atoms with Gasteiger partial charge in [0, 0.05) is 17.3 Å². The minimum Gasteiger partial charge on any atom is -0.507 e. The first-order valence-electron chi connectivity index (χ1n) is 7.63. The molecule has 0 saturated heterocycles. The van der Waals surface area contributed by atoms with Gasteiger partial charge >= 0.3 is 0 Å². The highest BCUT2D eigenvalue weighted by molar-refractivity contribution is 6.42. The highest BCUT2D eigenvalue weighted by Crippen LogP contribution is 2.25. The van der Waals surface area contributed by atoms with Gasteiger partial charge in [0.1, 0.15) is 11.6 Å². The smallest absolute Gasteiger partial charge is 0.261 e. The van der Waals surface area contributed by atoms with Crippen LogP contribution in [-0.2, 0) is 0 Å². The first kappa shape index (κ1) is 18.7. The summed E-state index contributed by atoms with van der Waals surface area (Å²) >= 11 is 11.7. The Hall–Kier alpha value is -3.10. The van der Waals surface area contributed by atoms with Gasteiger partial charge < -0.3 is 10.4 Å². The van der Waals surface area contributed by atoms with E-state index in [1.165, 1.54) is 36.4 Å². The lowest BCUT2D eigenvalue weighted by Crippen LogP contribution is -2.14. The number of hydrogen-bond acceptors (Lipinski definition) is 5. The molecule has 0 bridgehead atoms. The van der Waals surface area contributed by atoms with Crippen molar-refractivity contribution in [3.8, 4) is 5.75 Å². The topological polar surface area (TPSA) is 120 Å². The predicted octanol–water partition coefficient (Wildman–Crippen LogP) is 3.63. The number of amides is 2. The van der Waals surface area contributed by atoms with Crippen LogP contribution >= 0.6 is 23.2 Å². The Morgan fingerprint density at radius 3 is 2.44 bits per heavy atom. The predicted molar refractivity (Wildman–Crippen MR) is 102 cm³/mol. The van der Waals surface area contributed by atoms with Gasteiger partial charge in [-0.25, -0.2) is 0 Å². The summed E-state index contributed by atoms with van der Waals surface area (Å²) < 4.78 is 0. The summed E-state index contributed by atoms with van der Waals surface area (Å²) in [4.78, 5) is 28.4. The number of hydrogen-bond donors (Lipinski definition) is 4. The Labute approximate surface area is 163 Å². The van der Waals surface area contributed by atoms with Gasteiger partial charge in [0.2, 0.25) is 5.95 Å². The Morgan fingerprint density at radius 1 is 1.04 bits per heavy atom. The molecule has 10 heteroatoms. The molecule has 0 aliphatic heterocycles. The number of aromatic nitrogens is 3. The molecule has 3 rings (SSSR count). The minimum atomic E-state index is -0.589. The number of phenolic OH excluding ortho intramolecular Hbond substituents is 1. The third kappa shape index (κ3) is 4.36. The standard InChI is InChI=1S/C17H13Cl2N5O3/c1-8-20-17(24-23-8)22-16(27)11-4-3-10(7-14(11)25)21-15(26)9-2-5-12(18)13(19)6-9/h2-7,25H,1H3,(H,21,26)(H2,20,22,23,24,27). The number of H-pyrrole nitrogens is 1. The van der Waals surface area contributed by atoms with Crippen molar-refractivity contribution >= 4 is 46.7 Å². The fourth-order valence-electron chi connectivity index (χ4n) is 2.21. The van der Waals surface area contributed by atoms with Gasteiger partial charge in [0.05, 0.1) is 15.6 Å². The van der Waals surface area contributed by atoms with Gasteiger partial charge in [-0.1, -0.05) is 23.2 Å². The molecule has 27 heavy (non-hydrogen) atoms. The lowest BCUT2D eigenvalue weighted by molar-refractivity contribution is 0.101. The highest BCUT2D eigenvalue weighted by Gasteiger charge is 2.15. The fourth-order valence-corrected chi connectivity index (χ4v) is 2.51. The summed E-state index contributed by atoms with van der Waals surface area (Å²) in [6.45, 7) is 1.69. The number of halogens is 2. The monoisotopic (exact) mass is 405 g/mol. The van der Waals surface area contributed by atoms with E-state index in [0.29, 0.717) is 22.1 Å². The molecule has 0 radical (unpaired) electrons. The summed E-state index contributed by atoms with van der Waals surface area (Å²) in [7, 11) is 0. The van der Waals surface area contributed by atoms with Gasteiger partial charge in [-0.3, -0.25) is 20.0 Å². The van der Waals surface area contributed by atoms with Gasteiger partial charge in [0.15, 0.2) is 0 Å². The first-order chi connectivity index (χ1) is 12.8. The van der Waals surface area contributed by atoms with Crippen LogP contribution in [0.15, 0.2) is 36.4 Å². The van der Waals surface area contributed by atoms with Crippen LogP contribution < -0.4 is 10.6 Å². The lowest BCUT2D eigenvalue weighted by Gasteiger charge is -2.09. The number of carbonyl (C=O) groups excluding carboxylic acids is 2. The number of rotatable bonds is 4. The molecule has 4 N–H and O–H groups in total. The van der Waals surface area contributed by atoms with E-state index < -0.39 is 11.8 Å². The number of aromatic amines is 1. The molecule has 0 aliphatic rings. The number of anilines is 2. The molecule has 3 aromatic rings. The SMILES string of the molecule is Cc1nc(NC(=O)c2ccc(NC(=O)c3ccc(Cl)c(Cl)c3)cc2O)n[nH]1. The molecule has 0 fully saturated rings. The molecule has 1 heterocycles. The number of nitrogens with zero attached hydrogens (tertiary/aromatic N) is 2. The zero-order valence-corrected chi connectivity index (χ0v) is 15.4. The average Bonchev–Trinajstić information content (AvgIpc) is 3.02. The van der Waals surface area contributed by atoms with E-state index in [-0.39, 0.29) is 22.3 Å². The van der Waals surface area contributed by atoms with Gasteiger partial charge in [-0.05, 0) is 37.3 Å². The number of carbonyl (C=O) groups is 2. The van der Waals surface area contributed by atoms with Crippen molar-refractivity contribution < 1.29 is 14.7 Å². The summed E-state index contributed by atoms with van der Waals surface area (Å²) in [6.07, 6.45) is 0. The van der Waals surface area contributed by atoms with Crippen molar-refractivity contribution in [3.05, 3.63) is 63.4 Å². The molecule has 1 aromatic heterocycles. The number of phenols is 1. The zero-order chi connectivity index (χ0) is 19.6. The second-order valence-corrected chi connectivity index (χ2v) is 6.33. The van der Waals surface area contributed by atoms with E-state index >= 15 is 0 Å². The second-order valence-electron chi connectivity index (χ2n) is 5.51. The van der Waals surface area contributed by atoms with Crippen LogP contribution in [0.25, 0.3) is 0 Å². The molecule has 8 nitrogen and oxygen atoms in total. The summed E-state index contributed by atoms with van der Waals surface area (Å²) in [5.74, 6) is -0.717.